The Labute approximate surface area is 378 Å². The van der Waals surface area contributed by atoms with Crippen molar-refractivity contribution in [1.29, 1.82) is 0 Å². The van der Waals surface area contributed by atoms with Crippen LogP contribution in [0.1, 0.15) is 137 Å². The molecule has 0 amide bonds. The highest BCUT2D eigenvalue weighted by Gasteiger charge is 3.01. The lowest BCUT2D eigenvalue weighted by Crippen LogP contribution is -2.70. The molecular formula is C53H70O11. The lowest BCUT2D eigenvalue weighted by atomic mass is 9.46. The van der Waals surface area contributed by atoms with E-state index in [4.69, 9.17) is 28.4 Å². The van der Waals surface area contributed by atoms with Gasteiger partial charge < -0.3 is 38.6 Å². The lowest BCUT2D eigenvalue weighted by molar-refractivity contribution is -0.169. The van der Waals surface area contributed by atoms with Crippen molar-refractivity contribution in [3.63, 3.8) is 0 Å². The summed E-state index contributed by atoms with van der Waals surface area (Å²) in [6.07, 6.45) is 18.8. The van der Waals surface area contributed by atoms with Crippen LogP contribution in [0.4, 0.5) is 0 Å². The highest BCUT2D eigenvalue weighted by Crippen LogP contribution is 2.83. The number of allylic oxidation sites excluding steroid dienone is 4. The molecule has 0 radical (unpaired) electrons. The van der Waals surface area contributed by atoms with E-state index in [1.54, 1.807) is 0 Å². The van der Waals surface area contributed by atoms with Crippen LogP contribution >= 0.6 is 0 Å². The topological polar surface area (TPSA) is 157 Å². The van der Waals surface area contributed by atoms with Crippen molar-refractivity contribution in [2.45, 2.75) is 197 Å². The van der Waals surface area contributed by atoms with Gasteiger partial charge in [-0.2, -0.15) is 0 Å². The van der Waals surface area contributed by atoms with Gasteiger partial charge in [-0.15, -0.1) is 0 Å². The van der Waals surface area contributed by atoms with E-state index in [1.165, 1.54) is 12.0 Å². The quantitative estimate of drug-likeness (QED) is 0.0610. The first-order valence-electron chi connectivity index (χ1n) is 25.0. The van der Waals surface area contributed by atoms with Gasteiger partial charge in [-0.3, -0.25) is 9.59 Å². The average Bonchev–Trinajstić information content (AvgIpc) is 4.09. The van der Waals surface area contributed by atoms with Gasteiger partial charge in [0.15, 0.2) is 11.7 Å². The van der Waals surface area contributed by atoms with Crippen LogP contribution in [0.5, 0.6) is 0 Å². The number of hydrogen-bond acceptors (Lipinski definition) is 11. The minimum atomic E-state index is -0.780. The summed E-state index contributed by atoms with van der Waals surface area (Å²) in [4.78, 5) is 39.7. The second-order valence-electron chi connectivity index (χ2n) is 22.8. The van der Waals surface area contributed by atoms with Crippen LogP contribution in [-0.4, -0.2) is 94.3 Å². The Balaban J connectivity index is 0.689. The van der Waals surface area contributed by atoms with Gasteiger partial charge in [-0.25, -0.2) is 4.79 Å². The van der Waals surface area contributed by atoms with Gasteiger partial charge in [0.05, 0.1) is 18.3 Å². The van der Waals surface area contributed by atoms with Crippen LogP contribution < -0.4 is 0 Å². The summed E-state index contributed by atoms with van der Waals surface area (Å²) in [6, 6.07) is 0. The Bertz CT molecular complexity index is 2130. The van der Waals surface area contributed by atoms with E-state index in [2.05, 4.69) is 65.5 Å². The number of ether oxygens (including phenoxy) is 6. The third-order valence-corrected chi connectivity index (χ3v) is 19.2. The number of fused-ring (bicyclic) bond motifs is 5. The van der Waals surface area contributed by atoms with E-state index in [0.717, 1.165) is 73.7 Å². The molecule has 6 saturated carbocycles. The van der Waals surface area contributed by atoms with Crippen molar-refractivity contribution in [2.75, 3.05) is 6.61 Å². The van der Waals surface area contributed by atoms with Gasteiger partial charge >= 0.3 is 17.9 Å². The number of aliphatic hydroxyl groups is 2. The lowest BCUT2D eigenvalue weighted by Gasteiger charge is -2.53. The summed E-state index contributed by atoms with van der Waals surface area (Å²) >= 11 is 0. The third kappa shape index (κ3) is 6.31. The molecule has 348 valence electrons. The zero-order chi connectivity index (χ0) is 44.7. The number of unbranched alkanes of at least 4 members (excludes halogenated alkanes) is 1. The Hall–Kier alpha value is -3.09. The van der Waals surface area contributed by atoms with E-state index in [-0.39, 0.29) is 77.8 Å². The van der Waals surface area contributed by atoms with Crippen molar-refractivity contribution >= 4 is 17.9 Å². The summed E-state index contributed by atoms with van der Waals surface area (Å²) in [5.41, 5.74) is 2.91. The second-order valence-corrected chi connectivity index (χ2v) is 22.8. The number of hydrogen-bond donors (Lipinski definition) is 2. The number of cyclic esters (lactones) is 1. The Kier molecular flexibility index (Phi) is 10.3. The molecule has 0 aromatic carbocycles. The molecule has 11 rings (SSSR count). The fourth-order valence-corrected chi connectivity index (χ4v) is 15.5. The summed E-state index contributed by atoms with van der Waals surface area (Å²) in [5, 5.41) is 20.6. The maximum atomic E-state index is 13.8. The Morgan fingerprint density at radius 3 is 2.45 bits per heavy atom. The second kappa shape index (κ2) is 15.2. The largest absolute Gasteiger partial charge is 0.458 e. The monoisotopic (exact) mass is 882 g/mol. The van der Waals surface area contributed by atoms with Crippen molar-refractivity contribution < 1.29 is 53.0 Å². The minimum Gasteiger partial charge on any atom is -0.458 e. The molecule has 3 unspecified atom stereocenters. The fourth-order valence-electron chi connectivity index (χ4n) is 15.5. The summed E-state index contributed by atoms with van der Waals surface area (Å²) in [6.45, 7) is 15.8. The standard InChI is InChI=1S/C53H70O11/c1-28(2)51-45(63-51)46-53(64-46)50(6)23-21-35-36(27-59-47(35)58)39(50)26-42-52(53,62-42)48(51)61-44(57)12-8-7-11-43(56)60-41(32-15-16-32)20-13-29(3)37-18-19-38-31(10-9-22-49(37,38)5)14-17-33-24-34(54)25-40(55)30(33)4/h13-14,17,20,28-29,32,34,37-42,45-46,48,54-55H,4,7-12,15-16,18-19,21-27H2,1-3,5-6H3/b20-13+,31-14+,33-17-/t29-,34+,37?,38?,39-,40-,41?,42-,45-,46-,48+,49+,50-,51-,52+,53+/m0/s1. The number of carbonyl (C=O) groups is 3. The predicted octanol–water partition coefficient (Wildman–Crippen LogP) is 7.87. The molecule has 64 heavy (non-hydrogen) atoms. The Morgan fingerprint density at radius 1 is 0.906 bits per heavy atom. The zero-order valence-corrected chi connectivity index (χ0v) is 38.6. The van der Waals surface area contributed by atoms with E-state index in [0.29, 0.717) is 62.4 Å². The van der Waals surface area contributed by atoms with Crippen molar-refractivity contribution in [3.05, 3.63) is 58.7 Å². The van der Waals surface area contributed by atoms with Gasteiger partial charge in [0.25, 0.3) is 0 Å². The summed E-state index contributed by atoms with van der Waals surface area (Å²) in [7, 11) is 0. The number of carbonyl (C=O) groups excluding carboxylic acids is 3. The van der Waals surface area contributed by atoms with E-state index in [1.807, 2.05) is 0 Å². The van der Waals surface area contributed by atoms with Gasteiger partial charge in [0.2, 0.25) is 0 Å². The van der Waals surface area contributed by atoms with Gasteiger partial charge in [0.1, 0.15) is 36.1 Å². The van der Waals surface area contributed by atoms with Crippen molar-refractivity contribution in [2.24, 2.45) is 46.3 Å². The molecule has 11 nitrogen and oxygen atoms in total. The molecule has 11 aliphatic rings. The maximum Gasteiger partial charge on any atom is 0.334 e. The highest BCUT2D eigenvalue weighted by molar-refractivity contribution is 5.92. The molecule has 4 aliphatic heterocycles. The molecule has 16 atom stereocenters. The van der Waals surface area contributed by atoms with E-state index < -0.39 is 35.1 Å². The number of epoxide rings is 3. The average molecular weight is 883 g/mol. The molecule has 0 aromatic heterocycles. The smallest absolute Gasteiger partial charge is 0.334 e. The molecular weight excluding hydrogens is 813 g/mol. The summed E-state index contributed by atoms with van der Waals surface area (Å²) in [5.74, 6) is 1.23. The highest BCUT2D eigenvalue weighted by atomic mass is 16.8. The van der Waals surface area contributed by atoms with Crippen LogP contribution in [0, 0.1) is 46.3 Å². The van der Waals surface area contributed by atoms with Crippen LogP contribution in [0.25, 0.3) is 0 Å². The first-order valence-corrected chi connectivity index (χ1v) is 25.0. The zero-order valence-electron chi connectivity index (χ0n) is 38.6. The van der Waals surface area contributed by atoms with Crippen molar-refractivity contribution in [1.82, 2.24) is 0 Å². The van der Waals surface area contributed by atoms with Gasteiger partial charge in [0, 0.05) is 30.3 Å². The molecule has 2 N–H and O–H groups in total. The van der Waals surface area contributed by atoms with E-state index in [9.17, 15) is 24.6 Å². The summed E-state index contributed by atoms with van der Waals surface area (Å²) < 4.78 is 38.4. The first kappa shape index (κ1) is 43.5. The molecule has 4 heterocycles. The molecule has 0 bridgehead atoms. The minimum absolute atomic E-state index is 0.0835. The molecule has 0 aromatic rings. The maximum absolute atomic E-state index is 13.8. The number of esters is 3. The van der Waals surface area contributed by atoms with Crippen LogP contribution in [0.3, 0.4) is 0 Å². The van der Waals surface area contributed by atoms with Gasteiger partial charge in [-0.1, -0.05) is 65.0 Å². The van der Waals surface area contributed by atoms with Crippen LogP contribution in [-0.2, 0) is 42.8 Å². The van der Waals surface area contributed by atoms with Crippen LogP contribution in [0.2, 0.25) is 0 Å². The number of aliphatic hydroxyl groups excluding tert-OH is 2. The molecule has 7 aliphatic carbocycles. The van der Waals surface area contributed by atoms with Crippen LogP contribution in [0.15, 0.2) is 58.7 Å². The predicted molar refractivity (Wildman–Crippen MR) is 235 cm³/mol. The number of rotatable bonds is 13. The van der Waals surface area contributed by atoms with Gasteiger partial charge in [-0.05, 0) is 147 Å². The molecule has 11 heteroatoms. The molecule has 9 fully saturated rings. The fraction of sp³-hybridized carbons (Fsp3) is 0.755. The van der Waals surface area contributed by atoms with Crippen molar-refractivity contribution in [3.8, 4) is 0 Å². The SMILES string of the molecule is C=C1/C(=C\C=C2/CCC[C@@]3(C)C2CCC3[C@@H](C)/C=C/C(OC(=O)CCCCC(=O)O[C@@H]2[C@@]3(C(C)C)O[C@H]3[C@@H]3O[C@]34[C@]23O[C@H]3C[C@H]2C3=C(CC[C@@]24C)C(=O)OC3)C2CC2)C[C@@H](O)C[C@@H]1O. The van der Waals surface area contributed by atoms with E-state index >= 15 is 0 Å². The molecule has 2 spiro atoms. The first-order chi connectivity index (χ1) is 30.6. The third-order valence-electron chi connectivity index (χ3n) is 19.2. The molecule has 3 saturated heterocycles. The Morgan fingerprint density at radius 2 is 1.69 bits per heavy atom. The normalized spacial score (nSPS) is 46.9.